The summed E-state index contributed by atoms with van der Waals surface area (Å²) in [6, 6.07) is 12.9. The molecule has 0 radical (unpaired) electrons. The lowest BCUT2D eigenvalue weighted by molar-refractivity contribution is -0.121. The first kappa shape index (κ1) is 16.5. The molecule has 0 spiro atoms. The Bertz CT molecular complexity index is 659. The Morgan fingerprint density at radius 1 is 1.09 bits per heavy atom. The molecule has 1 aromatic carbocycles. The Labute approximate surface area is 134 Å². The molecule has 0 unspecified atom stereocenters. The lowest BCUT2D eigenvalue weighted by atomic mass is 10.2. The number of pyridine rings is 1. The first-order chi connectivity index (χ1) is 11.2. The number of nitrogens with zero attached hydrogens (tertiary/aromatic N) is 1. The van der Waals surface area contributed by atoms with Gasteiger partial charge in [-0.3, -0.25) is 9.59 Å². The van der Waals surface area contributed by atoms with Crippen molar-refractivity contribution in [2.45, 2.75) is 13.0 Å². The van der Waals surface area contributed by atoms with Crippen molar-refractivity contribution in [1.29, 1.82) is 0 Å². The van der Waals surface area contributed by atoms with Crippen LogP contribution in [0.5, 0.6) is 5.88 Å². The average Bonchev–Trinajstić information content (AvgIpc) is 2.60. The normalized spacial score (nSPS) is 9.96. The summed E-state index contributed by atoms with van der Waals surface area (Å²) in [6.07, 6.45) is 1.76. The molecule has 0 bridgehead atoms. The number of amides is 2. The number of rotatable bonds is 7. The molecule has 23 heavy (non-hydrogen) atoms. The largest absolute Gasteiger partial charge is 0.480 e. The topological polar surface area (TPSA) is 80.3 Å². The molecule has 0 aliphatic carbocycles. The van der Waals surface area contributed by atoms with Crippen LogP contribution in [-0.4, -0.2) is 30.5 Å². The molecular formula is C17H19N3O3. The monoisotopic (exact) mass is 313 g/mol. The highest BCUT2D eigenvalue weighted by Crippen LogP contribution is 2.12. The maximum Gasteiger partial charge on any atom is 0.256 e. The van der Waals surface area contributed by atoms with Crippen LogP contribution in [-0.2, 0) is 11.3 Å². The van der Waals surface area contributed by atoms with Gasteiger partial charge in [0.05, 0.1) is 7.11 Å². The number of hydrogen-bond donors (Lipinski definition) is 2. The molecule has 6 nitrogen and oxygen atoms in total. The number of benzene rings is 1. The first-order valence-corrected chi connectivity index (χ1v) is 7.28. The highest BCUT2D eigenvalue weighted by Gasteiger charge is 2.12. The zero-order valence-electron chi connectivity index (χ0n) is 12.9. The summed E-state index contributed by atoms with van der Waals surface area (Å²) in [6.45, 7) is 0.724. The molecule has 2 amide bonds. The van der Waals surface area contributed by atoms with E-state index in [1.165, 1.54) is 7.11 Å². The minimum atomic E-state index is -0.314. The van der Waals surface area contributed by atoms with E-state index in [2.05, 4.69) is 15.6 Å². The number of carbonyl (C=O) groups is 2. The summed E-state index contributed by atoms with van der Waals surface area (Å²) in [7, 11) is 1.45. The van der Waals surface area contributed by atoms with Crippen LogP contribution in [0.1, 0.15) is 22.3 Å². The lowest BCUT2D eigenvalue weighted by Crippen LogP contribution is -2.30. The Hall–Kier alpha value is -2.89. The van der Waals surface area contributed by atoms with Crippen LogP contribution in [0.3, 0.4) is 0 Å². The minimum Gasteiger partial charge on any atom is -0.480 e. The summed E-state index contributed by atoms with van der Waals surface area (Å²) >= 11 is 0. The summed E-state index contributed by atoms with van der Waals surface area (Å²) in [4.78, 5) is 27.7. The van der Waals surface area contributed by atoms with Gasteiger partial charge in [-0.1, -0.05) is 30.3 Å². The van der Waals surface area contributed by atoms with E-state index in [9.17, 15) is 9.59 Å². The van der Waals surface area contributed by atoms with E-state index in [4.69, 9.17) is 4.74 Å². The Morgan fingerprint density at radius 2 is 1.87 bits per heavy atom. The van der Waals surface area contributed by atoms with Gasteiger partial charge in [-0.15, -0.1) is 0 Å². The van der Waals surface area contributed by atoms with Crippen LogP contribution in [0.2, 0.25) is 0 Å². The maximum atomic E-state index is 12.0. The molecule has 2 aromatic rings. The molecule has 0 aliphatic rings. The number of hydrogen-bond acceptors (Lipinski definition) is 4. The molecule has 1 heterocycles. The summed E-state index contributed by atoms with van der Waals surface area (Å²) in [5, 5.41) is 5.49. The number of nitrogens with one attached hydrogen (secondary N) is 2. The molecule has 120 valence electrons. The fourth-order valence-electron chi connectivity index (χ4n) is 2.00. The van der Waals surface area contributed by atoms with Gasteiger partial charge in [0.1, 0.15) is 5.56 Å². The number of methoxy groups -OCH3 is 1. The third-order valence-corrected chi connectivity index (χ3v) is 3.18. The van der Waals surface area contributed by atoms with E-state index in [0.29, 0.717) is 12.1 Å². The van der Waals surface area contributed by atoms with E-state index >= 15 is 0 Å². The number of ether oxygens (including phenoxy) is 1. The van der Waals surface area contributed by atoms with Crippen molar-refractivity contribution in [3.63, 3.8) is 0 Å². The molecule has 0 atom stereocenters. The summed E-state index contributed by atoms with van der Waals surface area (Å²) in [5.41, 5.74) is 1.38. The zero-order chi connectivity index (χ0) is 16.5. The van der Waals surface area contributed by atoms with Gasteiger partial charge < -0.3 is 15.4 Å². The molecule has 0 aliphatic heterocycles. The van der Waals surface area contributed by atoms with Crippen molar-refractivity contribution in [3.8, 4) is 5.88 Å². The SMILES string of the molecule is COc1ncccc1C(=O)NCCC(=O)NCc1ccccc1. The fraction of sp³-hybridized carbons (Fsp3) is 0.235. The second-order valence-corrected chi connectivity index (χ2v) is 4.83. The van der Waals surface area contributed by atoms with Crippen molar-refractivity contribution in [2.24, 2.45) is 0 Å². The molecule has 2 rings (SSSR count). The van der Waals surface area contributed by atoms with Gasteiger partial charge in [-0.25, -0.2) is 4.98 Å². The van der Waals surface area contributed by atoms with Crippen LogP contribution < -0.4 is 15.4 Å². The van der Waals surface area contributed by atoms with Gasteiger partial charge in [0.2, 0.25) is 11.8 Å². The van der Waals surface area contributed by atoms with Gasteiger partial charge in [0.15, 0.2) is 0 Å². The highest BCUT2D eigenvalue weighted by atomic mass is 16.5. The average molecular weight is 313 g/mol. The molecule has 0 saturated heterocycles. The third-order valence-electron chi connectivity index (χ3n) is 3.18. The molecular weight excluding hydrogens is 294 g/mol. The van der Waals surface area contributed by atoms with Crippen molar-refractivity contribution >= 4 is 11.8 Å². The van der Waals surface area contributed by atoms with Crippen molar-refractivity contribution < 1.29 is 14.3 Å². The van der Waals surface area contributed by atoms with Crippen molar-refractivity contribution in [1.82, 2.24) is 15.6 Å². The van der Waals surface area contributed by atoms with E-state index in [1.807, 2.05) is 30.3 Å². The molecule has 0 fully saturated rings. The second-order valence-electron chi connectivity index (χ2n) is 4.83. The van der Waals surface area contributed by atoms with Crippen molar-refractivity contribution in [3.05, 3.63) is 59.8 Å². The van der Waals surface area contributed by atoms with E-state index in [-0.39, 0.29) is 30.7 Å². The molecule has 0 saturated carbocycles. The van der Waals surface area contributed by atoms with Gasteiger partial charge in [-0.2, -0.15) is 0 Å². The zero-order valence-corrected chi connectivity index (χ0v) is 12.9. The Balaban J connectivity index is 1.74. The summed E-state index contributed by atoms with van der Waals surface area (Å²) in [5.74, 6) is -0.170. The third kappa shape index (κ3) is 5.10. The van der Waals surface area contributed by atoms with E-state index in [1.54, 1.807) is 18.3 Å². The van der Waals surface area contributed by atoms with Crippen LogP contribution in [0, 0.1) is 0 Å². The van der Waals surface area contributed by atoms with Gasteiger partial charge in [0.25, 0.3) is 5.91 Å². The Morgan fingerprint density at radius 3 is 2.61 bits per heavy atom. The van der Waals surface area contributed by atoms with Crippen LogP contribution in [0.15, 0.2) is 48.7 Å². The summed E-state index contributed by atoms with van der Waals surface area (Å²) < 4.78 is 5.03. The highest BCUT2D eigenvalue weighted by molar-refractivity contribution is 5.96. The Kier molecular flexibility index (Phi) is 6.11. The quantitative estimate of drug-likeness (QED) is 0.812. The predicted molar refractivity (Wildman–Crippen MR) is 86.0 cm³/mol. The van der Waals surface area contributed by atoms with Crippen LogP contribution >= 0.6 is 0 Å². The van der Waals surface area contributed by atoms with Crippen molar-refractivity contribution in [2.75, 3.05) is 13.7 Å². The smallest absolute Gasteiger partial charge is 0.256 e. The van der Waals surface area contributed by atoms with Gasteiger partial charge in [0, 0.05) is 25.7 Å². The number of carbonyl (C=O) groups excluding carboxylic acids is 2. The standard InChI is InChI=1S/C17H19N3O3/c1-23-17-14(8-5-10-19-17)16(22)18-11-9-15(21)20-12-13-6-3-2-4-7-13/h2-8,10H,9,11-12H2,1H3,(H,18,22)(H,20,21). The van der Waals surface area contributed by atoms with E-state index in [0.717, 1.165) is 5.56 Å². The number of aromatic nitrogens is 1. The lowest BCUT2D eigenvalue weighted by Gasteiger charge is -2.08. The molecule has 2 N–H and O–H groups in total. The van der Waals surface area contributed by atoms with Crippen LogP contribution in [0.25, 0.3) is 0 Å². The van der Waals surface area contributed by atoms with Gasteiger partial charge >= 0.3 is 0 Å². The first-order valence-electron chi connectivity index (χ1n) is 7.28. The second kappa shape index (κ2) is 8.53. The van der Waals surface area contributed by atoms with E-state index < -0.39 is 0 Å². The predicted octanol–water partition coefficient (Wildman–Crippen LogP) is 1.53. The van der Waals surface area contributed by atoms with Gasteiger partial charge in [-0.05, 0) is 17.7 Å². The fourth-order valence-corrected chi connectivity index (χ4v) is 2.00. The van der Waals surface area contributed by atoms with Crippen LogP contribution in [0.4, 0.5) is 0 Å². The maximum absolute atomic E-state index is 12.0. The molecule has 6 heteroatoms. The minimum absolute atomic E-state index is 0.118. The molecule has 1 aromatic heterocycles.